The maximum atomic E-state index is 5.43. The molecule has 58 heavy (non-hydrogen) atoms. The predicted molar refractivity (Wildman–Crippen MR) is 246 cm³/mol. The highest BCUT2D eigenvalue weighted by atomic mass is 14.7. The molecule has 0 bridgehead atoms. The monoisotopic (exact) mass is 734 g/mol. The van der Waals surface area contributed by atoms with Gasteiger partial charge in [0, 0.05) is 32.7 Å². The van der Waals surface area contributed by atoms with Crippen molar-refractivity contribution in [3.05, 3.63) is 206 Å². The fourth-order valence-corrected chi connectivity index (χ4v) is 9.15. The number of nitrogens with zero attached hydrogens (tertiary/aromatic N) is 2. The van der Waals surface area contributed by atoms with Gasteiger partial charge < -0.3 is 0 Å². The van der Waals surface area contributed by atoms with Crippen molar-refractivity contribution in [1.82, 2.24) is 9.97 Å². The number of aromatic nitrogens is 2. The van der Waals surface area contributed by atoms with E-state index in [4.69, 9.17) is 9.97 Å². The van der Waals surface area contributed by atoms with Crippen LogP contribution in [-0.4, -0.2) is 9.97 Å². The van der Waals surface area contributed by atoms with Crippen LogP contribution in [0.15, 0.2) is 206 Å². The molecule has 0 saturated carbocycles. The Morgan fingerprint density at radius 1 is 0.224 bits per heavy atom. The summed E-state index contributed by atoms with van der Waals surface area (Å²) in [6.45, 7) is 0. The van der Waals surface area contributed by atoms with Gasteiger partial charge in [-0.15, -0.1) is 0 Å². The van der Waals surface area contributed by atoms with Crippen molar-refractivity contribution in [2.24, 2.45) is 0 Å². The molecular weight excluding hydrogens is 701 g/mol. The van der Waals surface area contributed by atoms with Gasteiger partial charge in [0.1, 0.15) is 0 Å². The summed E-state index contributed by atoms with van der Waals surface area (Å²) in [7, 11) is 0. The van der Waals surface area contributed by atoms with Crippen LogP contribution >= 0.6 is 0 Å². The van der Waals surface area contributed by atoms with Gasteiger partial charge in [-0.3, -0.25) is 0 Å². The number of benzene rings is 10. The second-order valence-corrected chi connectivity index (χ2v) is 15.3. The standard InChI is InChI=1S/C56H34N2/c1-3-13-43-35(9-1)11-7-17-45(43)41-25-21-37-19-23-39-27-31-53(57-55(39)51(37)33-41)49-29-30-50(48-16-6-5-15-47(48)49)54-32-28-40-24-20-38-22-26-42(34-52(38)56(40)58-54)46-18-8-12-36-10-2-4-14-44(36)46/h1-34H. The van der Waals surface area contributed by atoms with E-state index in [1.807, 2.05) is 0 Å². The van der Waals surface area contributed by atoms with Crippen LogP contribution in [-0.2, 0) is 0 Å². The van der Waals surface area contributed by atoms with Crippen molar-refractivity contribution in [3.8, 4) is 44.8 Å². The molecule has 2 heterocycles. The Morgan fingerprint density at radius 3 is 1.07 bits per heavy atom. The van der Waals surface area contributed by atoms with Crippen LogP contribution in [0.5, 0.6) is 0 Å². The molecule has 0 N–H and O–H groups in total. The maximum Gasteiger partial charge on any atom is 0.0788 e. The van der Waals surface area contributed by atoms with Crippen LogP contribution in [0, 0.1) is 0 Å². The van der Waals surface area contributed by atoms with E-state index in [-0.39, 0.29) is 0 Å². The number of hydrogen-bond donors (Lipinski definition) is 0. The Labute approximate surface area is 335 Å². The van der Waals surface area contributed by atoms with Crippen LogP contribution in [0.25, 0.3) is 120 Å². The molecule has 10 aromatic carbocycles. The average Bonchev–Trinajstić information content (AvgIpc) is 3.30. The van der Waals surface area contributed by atoms with Crippen molar-refractivity contribution in [2.45, 2.75) is 0 Å². The number of fused-ring (bicyclic) bond motifs is 9. The van der Waals surface area contributed by atoms with Crippen molar-refractivity contribution in [3.63, 3.8) is 0 Å². The van der Waals surface area contributed by atoms with Gasteiger partial charge in [0.15, 0.2) is 0 Å². The average molecular weight is 735 g/mol. The Hall–Kier alpha value is -7.68. The first kappa shape index (κ1) is 32.6. The third-order valence-corrected chi connectivity index (χ3v) is 12.0. The Kier molecular flexibility index (Phi) is 7.26. The fourth-order valence-electron chi connectivity index (χ4n) is 9.15. The molecule has 0 amide bonds. The highest BCUT2D eigenvalue weighted by Gasteiger charge is 2.15. The minimum atomic E-state index is 0.955. The molecule has 12 aromatic rings. The highest BCUT2D eigenvalue weighted by molar-refractivity contribution is 6.12. The SMILES string of the molecule is c1ccc2c(-c3ccc4ccc5ccc(-c6ccc(-c7ccc8ccc9ccc(-c%10cccc%11ccccc%10%11)cc9c8n7)c7ccccc67)nc5c4c3)cccc2c1. The van der Waals surface area contributed by atoms with Crippen LogP contribution in [0.1, 0.15) is 0 Å². The van der Waals surface area contributed by atoms with Crippen LogP contribution < -0.4 is 0 Å². The fraction of sp³-hybridized carbons (Fsp3) is 0. The second kappa shape index (κ2) is 12.9. The zero-order valence-corrected chi connectivity index (χ0v) is 31.5. The van der Waals surface area contributed by atoms with Gasteiger partial charge in [0.25, 0.3) is 0 Å². The molecule has 2 heteroatoms. The third-order valence-electron chi connectivity index (χ3n) is 12.0. The number of rotatable bonds is 4. The molecule has 268 valence electrons. The van der Waals surface area contributed by atoms with E-state index in [9.17, 15) is 0 Å². The van der Waals surface area contributed by atoms with E-state index in [0.29, 0.717) is 0 Å². The Bertz CT molecular complexity index is 3390. The zero-order valence-electron chi connectivity index (χ0n) is 31.5. The topological polar surface area (TPSA) is 25.8 Å². The summed E-state index contributed by atoms with van der Waals surface area (Å²) in [6, 6.07) is 74.6. The summed E-state index contributed by atoms with van der Waals surface area (Å²) in [5.74, 6) is 0. The molecule has 0 saturated heterocycles. The summed E-state index contributed by atoms with van der Waals surface area (Å²) < 4.78 is 0. The molecule has 0 spiro atoms. The lowest BCUT2D eigenvalue weighted by atomic mass is 9.93. The third kappa shape index (κ3) is 5.19. The number of pyridine rings is 2. The normalized spacial score (nSPS) is 11.8. The lowest BCUT2D eigenvalue weighted by Gasteiger charge is -2.14. The minimum Gasteiger partial charge on any atom is -0.247 e. The molecule has 2 aromatic heterocycles. The largest absolute Gasteiger partial charge is 0.247 e. The highest BCUT2D eigenvalue weighted by Crippen LogP contribution is 2.39. The molecule has 0 fully saturated rings. The van der Waals surface area contributed by atoms with Crippen molar-refractivity contribution < 1.29 is 0 Å². The molecule has 2 nitrogen and oxygen atoms in total. The molecular formula is C56H34N2. The lowest BCUT2D eigenvalue weighted by molar-refractivity contribution is 1.41. The summed E-state index contributed by atoms with van der Waals surface area (Å²) in [6.07, 6.45) is 0. The van der Waals surface area contributed by atoms with E-state index in [0.717, 1.165) is 65.9 Å². The molecule has 0 aliphatic rings. The van der Waals surface area contributed by atoms with Gasteiger partial charge >= 0.3 is 0 Å². The van der Waals surface area contributed by atoms with Gasteiger partial charge in [-0.2, -0.15) is 0 Å². The van der Waals surface area contributed by atoms with Gasteiger partial charge in [0.2, 0.25) is 0 Å². The van der Waals surface area contributed by atoms with Gasteiger partial charge in [-0.05, 0) is 89.6 Å². The van der Waals surface area contributed by atoms with Gasteiger partial charge in [0.05, 0.1) is 22.4 Å². The smallest absolute Gasteiger partial charge is 0.0788 e. The van der Waals surface area contributed by atoms with E-state index < -0.39 is 0 Å². The molecule has 0 atom stereocenters. The van der Waals surface area contributed by atoms with Crippen molar-refractivity contribution >= 4 is 75.7 Å². The van der Waals surface area contributed by atoms with Gasteiger partial charge in [-0.25, -0.2) is 9.97 Å². The van der Waals surface area contributed by atoms with Crippen molar-refractivity contribution in [2.75, 3.05) is 0 Å². The maximum absolute atomic E-state index is 5.43. The summed E-state index contributed by atoms with van der Waals surface area (Å²) in [5.41, 5.74) is 11.0. The molecule has 0 radical (unpaired) electrons. The predicted octanol–water partition coefficient (Wildman–Crippen LogP) is 15.2. The molecule has 0 aliphatic heterocycles. The van der Waals surface area contributed by atoms with E-state index in [1.54, 1.807) is 0 Å². The first-order valence-corrected chi connectivity index (χ1v) is 19.9. The van der Waals surface area contributed by atoms with E-state index in [2.05, 4.69) is 206 Å². The Balaban J connectivity index is 0.992. The van der Waals surface area contributed by atoms with Crippen LogP contribution in [0.2, 0.25) is 0 Å². The van der Waals surface area contributed by atoms with Crippen LogP contribution in [0.4, 0.5) is 0 Å². The first-order valence-electron chi connectivity index (χ1n) is 19.9. The Morgan fingerprint density at radius 2 is 0.586 bits per heavy atom. The number of hydrogen-bond acceptors (Lipinski definition) is 2. The van der Waals surface area contributed by atoms with E-state index in [1.165, 1.54) is 54.6 Å². The van der Waals surface area contributed by atoms with Crippen LogP contribution in [0.3, 0.4) is 0 Å². The summed E-state index contributed by atoms with van der Waals surface area (Å²) in [5, 5.41) is 14.2. The quantitative estimate of drug-likeness (QED) is 0.168. The second-order valence-electron chi connectivity index (χ2n) is 15.3. The van der Waals surface area contributed by atoms with Crippen molar-refractivity contribution in [1.29, 1.82) is 0 Å². The zero-order chi connectivity index (χ0) is 38.2. The first-order chi connectivity index (χ1) is 28.7. The lowest BCUT2D eigenvalue weighted by Crippen LogP contribution is -1.92. The molecule has 0 unspecified atom stereocenters. The minimum absolute atomic E-state index is 0.955. The summed E-state index contributed by atoms with van der Waals surface area (Å²) >= 11 is 0. The van der Waals surface area contributed by atoms with Gasteiger partial charge in [-0.1, -0.05) is 182 Å². The molecule has 12 rings (SSSR count). The molecule has 0 aliphatic carbocycles. The summed E-state index contributed by atoms with van der Waals surface area (Å²) in [4.78, 5) is 10.9. The van der Waals surface area contributed by atoms with E-state index >= 15 is 0 Å².